The first-order valence-electron chi connectivity index (χ1n) is 5.77. The zero-order valence-electron chi connectivity index (χ0n) is 9.54. The summed E-state index contributed by atoms with van der Waals surface area (Å²) in [4.78, 5) is 10.1. The van der Waals surface area contributed by atoms with Crippen LogP contribution in [0.25, 0.3) is 0 Å². The Balaban J connectivity index is 1.88. The predicted octanol–water partition coefficient (Wildman–Crippen LogP) is 1.99. The highest BCUT2D eigenvalue weighted by molar-refractivity contribution is 5.32. The van der Waals surface area contributed by atoms with E-state index in [2.05, 4.69) is 0 Å². The van der Waals surface area contributed by atoms with E-state index < -0.39 is 4.92 Å². The first-order chi connectivity index (χ1) is 8.16. The molecule has 0 aliphatic heterocycles. The van der Waals surface area contributed by atoms with E-state index in [1.165, 1.54) is 12.1 Å². The smallest absolute Gasteiger partial charge is 0.269 e. The van der Waals surface area contributed by atoms with E-state index in [9.17, 15) is 10.1 Å². The third-order valence-electron chi connectivity index (χ3n) is 3.11. The molecule has 1 fully saturated rings. The molecule has 1 aliphatic carbocycles. The SMILES string of the molecule is NC1CCCC1OCc1ccc([N+](=O)[O-])cc1. The van der Waals surface area contributed by atoms with Crippen LogP contribution in [0.15, 0.2) is 24.3 Å². The number of nitro benzene ring substituents is 1. The Morgan fingerprint density at radius 2 is 2.06 bits per heavy atom. The largest absolute Gasteiger partial charge is 0.372 e. The van der Waals surface area contributed by atoms with Crippen LogP contribution in [0.4, 0.5) is 5.69 Å². The molecule has 1 saturated carbocycles. The van der Waals surface area contributed by atoms with Crippen molar-refractivity contribution in [2.75, 3.05) is 0 Å². The monoisotopic (exact) mass is 236 g/mol. The van der Waals surface area contributed by atoms with Gasteiger partial charge in [0.15, 0.2) is 0 Å². The summed E-state index contributed by atoms with van der Waals surface area (Å²) in [5.41, 5.74) is 6.94. The first kappa shape index (κ1) is 12.0. The van der Waals surface area contributed by atoms with Crippen LogP contribution < -0.4 is 5.73 Å². The van der Waals surface area contributed by atoms with Crippen LogP contribution in [0.2, 0.25) is 0 Å². The number of nitro groups is 1. The minimum atomic E-state index is -0.405. The highest BCUT2D eigenvalue weighted by atomic mass is 16.6. The van der Waals surface area contributed by atoms with Crippen molar-refractivity contribution in [1.82, 2.24) is 0 Å². The Morgan fingerprint density at radius 3 is 2.59 bits per heavy atom. The summed E-state index contributed by atoms with van der Waals surface area (Å²) >= 11 is 0. The van der Waals surface area contributed by atoms with Crippen LogP contribution in [-0.2, 0) is 11.3 Å². The zero-order valence-corrected chi connectivity index (χ0v) is 9.54. The molecular formula is C12H16N2O3. The van der Waals surface area contributed by atoms with Gasteiger partial charge in [-0.25, -0.2) is 0 Å². The summed E-state index contributed by atoms with van der Waals surface area (Å²) in [6.07, 6.45) is 3.27. The molecule has 2 unspecified atom stereocenters. The number of nitrogens with two attached hydrogens (primary N) is 1. The highest BCUT2D eigenvalue weighted by Crippen LogP contribution is 2.22. The third kappa shape index (κ3) is 3.01. The molecule has 0 heterocycles. The molecule has 0 aromatic heterocycles. The van der Waals surface area contributed by atoms with E-state index in [0.29, 0.717) is 6.61 Å². The van der Waals surface area contributed by atoms with Gasteiger partial charge >= 0.3 is 0 Å². The third-order valence-corrected chi connectivity index (χ3v) is 3.11. The van der Waals surface area contributed by atoms with Crippen LogP contribution in [0.5, 0.6) is 0 Å². The van der Waals surface area contributed by atoms with E-state index in [4.69, 9.17) is 10.5 Å². The average Bonchev–Trinajstić information content (AvgIpc) is 2.73. The van der Waals surface area contributed by atoms with Gasteiger partial charge < -0.3 is 10.5 Å². The molecule has 2 N–H and O–H groups in total. The van der Waals surface area contributed by atoms with Crippen LogP contribution in [0, 0.1) is 10.1 Å². The normalized spacial score (nSPS) is 23.8. The van der Waals surface area contributed by atoms with Gasteiger partial charge in [-0.3, -0.25) is 10.1 Å². The van der Waals surface area contributed by atoms with E-state index in [0.717, 1.165) is 24.8 Å². The van der Waals surface area contributed by atoms with Gasteiger partial charge in [-0.2, -0.15) is 0 Å². The topological polar surface area (TPSA) is 78.4 Å². The molecule has 0 radical (unpaired) electrons. The minimum absolute atomic E-state index is 0.103. The molecule has 0 saturated heterocycles. The maximum Gasteiger partial charge on any atom is 0.269 e. The summed E-state index contributed by atoms with van der Waals surface area (Å²) in [6.45, 7) is 0.469. The molecule has 1 aromatic carbocycles. The number of ether oxygens (including phenoxy) is 1. The number of rotatable bonds is 4. The molecule has 1 aliphatic rings. The molecule has 92 valence electrons. The molecule has 5 heteroatoms. The predicted molar refractivity (Wildman–Crippen MR) is 63.5 cm³/mol. The van der Waals surface area contributed by atoms with Gasteiger partial charge in [0.05, 0.1) is 17.6 Å². The lowest BCUT2D eigenvalue weighted by Crippen LogP contribution is -2.31. The summed E-state index contributed by atoms with van der Waals surface area (Å²) in [6, 6.07) is 6.56. The maximum atomic E-state index is 10.5. The highest BCUT2D eigenvalue weighted by Gasteiger charge is 2.24. The number of benzene rings is 1. The van der Waals surface area contributed by atoms with Gasteiger partial charge in [-0.15, -0.1) is 0 Å². The Labute approximate surface area is 99.7 Å². The lowest BCUT2D eigenvalue weighted by molar-refractivity contribution is -0.384. The Hall–Kier alpha value is -1.46. The Bertz CT molecular complexity index is 391. The summed E-state index contributed by atoms with van der Waals surface area (Å²) in [7, 11) is 0. The Kier molecular flexibility index (Phi) is 3.71. The van der Waals surface area contributed by atoms with Crippen LogP contribution >= 0.6 is 0 Å². The average molecular weight is 236 g/mol. The van der Waals surface area contributed by atoms with Gasteiger partial charge in [0.2, 0.25) is 0 Å². The summed E-state index contributed by atoms with van der Waals surface area (Å²) in [5, 5.41) is 10.5. The summed E-state index contributed by atoms with van der Waals surface area (Å²) in [5.74, 6) is 0. The molecule has 2 rings (SSSR count). The fraction of sp³-hybridized carbons (Fsp3) is 0.500. The molecular weight excluding hydrogens is 220 g/mol. The molecule has 2 atom stereocenters. The second kappa shape index (κ2) is 5.25. The van der Waals surface area contributed by atoms with Gasteiger partial charge in [0, 0.05) is 18.2 Å². The summed E-state index contributed by atoms with van der Waals surface area (Å²) < 4.78 is 5.71. The van der Waals surface area contributed by atoms with Gasteiger partial charge in [0.25, 0.3) is 5.69 Å². The van der Waals surface area contributed by atoms with Crippen molar-refractivity contribution in [3.05, 3.63) is 39.9 Å². The van der Waals surface area contributed by atoms with E-state index in [-0.39, 0.29) is 17.8 Å². The molecule has 0 spiro atoms. The lowest BCUT2D eigenvalue weighted by atomic mass is 10.2. The van der Waals surface area contributed by atoms with Crippen molar-refractivity contribution in [2.45, 2.75) is 38.0 Å². The van der Waals surface area contributed by atoms with E-state index >= 15 is 0 Å². The lowest BCUT2D eigenvalue weighted by Gasteiger charge is -2.16. The Morgan fingerprint density at radius 1 is 1.35 bits per heavy atom. The number of non-ortho nitro benzene ring substituents is 1. The van der Waals surface area contributed by atoms with Crippen LogP contribution in [0.3, 0.4) is 0 Å². The van der Waals surface area contributed by atoms with Gasteiger partial charge in [0.1, 0.15) is 0 Å². The van der Waals surface area contributed by atoms with Gasteiger partial charge in [-0.1, -0.05) is 0 Å². The fourth-order valence-electron chi connectivity index (χ4n) is 2.08. The molecule has 17 heavy (non-hydrogen) atoms. The van der Waals surface area contributed by atoms with E-state index in [1.807, 2.05) is 0 Å². The minimum Gasteiger partial charge on any atom is -0.372 e. The molecule has 1 aromatic rings. The van der Waals surface area contributed by atoms with Crippen LogP contribution in [-0.4, -0.2) is 17.1 Å². The quantitative estimate of drug-likeness (QED) is 0.640. The maximum absolute atomic E-state index is 10.5. The first-order valence-corrected chi connectivity index (χ1v) is 5.77. The van der Waals surface area contributed by atoms with E-state index in [1.54, 1.807) is 12.1 Å². The van der Waals surface area contributed by atoms with Crippen molar-refractivity contribution in [1.29, 1.82) is 0 Å². The van der Waals surface area contributed by atoms with Crippen molar-refractivity contribution in [2.24, 2.45) is 5.73 Å². The molecule has 0 amide bonds. The second-order valence-electron chi connectivity index (χ2n) is 4.37. The van der Waals surface area contributed by atoms with Crippen molar-refractivity contribution < 1.29 is 9.66 Å². The number of nitrogens with zero attached hydrogens (tertiary/aromatic N) is 1. The molecule has 0 bridgehead atoms. The zero-order chi connectivity index (χ0) is 12.3. The van der Waals surface area contributed by atoms with Crippen molar-refractivity contribution >= 4 is 5.69 Å². The second-order valence-corrected chi connectivity index (χ2v) is 4.37. The number of hydrogen-bond donors (Lipinski definition) is 1. The van der Waals surface area contributed by atoms with Crippen molar-refractivity contribution in [3.8, 4) is 0 Å². The molecule has 5 nitrogen and oxygen atoms in total. The van der Waals surface area contributed by atoms with Gasteiger partial charge in [-0.05, 0) is 37.0 Å². The standard InChI is InChI=1S/C12H16N2O3/c13-11-2-1-3-12(11)17-8-9-4-6-10(7-5-9)14(15)16/h4-7,11-12H,1-3,8,13H2. The number of hydrogen-bond acceptors (Lipinski definition) is 4. The van der Waals surface area contributed by atoms with Crippen LogP contribution in [0.1, 0.15) is 24.8 Å². The van der Waals surface area contributed by atoms with Crippen molar-refractivity contribution in [3.63, 3.8) is 0 Å². The fourth-order valence-corrected chi connectivity index (χ4v) is 2.08.